The molecular formula is C18H26ClN3O2. The Morgan fingerprint density at radius 2 is 2.04 bits per heavy atom. The largest absolute Gasteiger partial charge is 0.341 e. The number of benzene rings is 1. The molecule has 0 radical (unpaired) electrons. The van der Waals surface area contributed by atoms with Gasteiger partial charge in [0.05, 0.1) is 6.04 Å². The van der Waals surface area contributed by atoms with Gasteiger partial charge in [-0.25, -0.2) is 0 Å². The van der Waals surface area contributed by atoms with Crippen molar-refractivity contribution in [3.05, 3.63) is 29.3 Å². The quantitative estimate of drug-likeness (QED) is 0.887. The van der Waals surface area contributed by atoms with E-state index in [0.29, 0.717) is 23.7 Å². The summed E-state index contributed by atoms with van der Waals surface area (Å²) in [7, 11) is 0. The second kappa shape index (κ2) is 9.04. The fourth-order valence-electron chi connectivity index (χ4n) is 2.92. The number of halogens is 1. The van der Waals surface area contributed by atoms with Crippen LogP contribution in [0.4, 0.5) is 5.69 Å². The maximum absolute atomic E-state index is 12.5. The molecule has 2 amide bonds. The molecule has 1 aromatic carbocycles. The molecule has 1 atom stereocenters. The average molecular weight is 352 g/mol. The lowest BCUT2D eigenvalue weighted by Crippen LogP contribution is -2.44. The molecule has 5 nitrogen and oxygen atoms in total. The Labute approximate surface area is 149 Å². The number of carbonyl (C=O) groups is 2. The number of carbonyl (C=O) groups excluding carboxylic acids is 2. The van der Waals surface area contributed by atoms with Crippen molar-refractivity contribution in [3.63, 3.8) is 0 Å². The van der Waals surface area contributed by atoms with Crippen LogP contribution in [-0.4, -0.2) is 53.8 Å². The molecular weight excluding hydrogens is 326 g/mol. The Morgan fingerprint density at radius 1 is 1.25 bits per heavy atom. The minimum Gasteiger partial charge on any atom is -0.341 e. The lowest BCUT2D eigenvalue weighted by molar-refractivity contribution is -0.131. The molecule has 1 aromatic rings. The first kappa shape index (κ1) is 18.7. The third kappa shape index (κ3) is 5.21. The van der Waals surface area contributed by atoms with E-state index in [1.807, 2.05) is 30.9 Å². The van der Waals surface area contributed by atoms with E-state index < -0.39 is 0 Å². The lowest BCUT2D eigenvalue weighted by Gasteiger charge is -2.27. The molecule has 1 aliphatic heterocycles. The van der Waals surface area contributed by atoms with E-state index in [4.69, 9.17) is 11.6 Å². The van der Waals surface area contributed by atoms with Crippen molar-refractivity contribution in [2.75, 3.05) is 31.5 Å². The van der Waals surface area contributed by atoms with Crippen LogP contribution in [-0.2, 0) is 9.59 Å². The highest BCUT2D eigenvalue weighted by molar-refractivity contribution is 6.30. The maximum atomic E-state index is 12.5. The summed E-state index contributed by atoms with van der Waals surface area (Å²) >= 11 is 5.95. The van der Waals surface area contributed by atoms with Crippen molar-refractivity contribution in [3.8, 4) is 0 Å². The fraction of sp³-hybridized carbons (Fsp3) is 0.556. The highest BCUT2D eigenvalue weighted by atomic mass is 35.5. The second-order valence-electron chi connectivity index (χ2n) is 6.20. The van der Waals surface area contributed by atoms with Crippen LogP contribution < -0.4 is 5.32 Å². The van der Waals surface area contributed by atoms with Crippen molar-refractivity contribution in [1.82, 2.24) is 9.80 Å². The SMILES string of the molecule is CCCC(=O)N1CCCN([C@@H](C)C(=O)Nc2cccc(Cl)c2)CC1. The van der Waals surface area contributed by atoms with Crippen LogP contribution in [0.15, 0.2) is 24.3 Å². The summed E-state index contributed by atoms with van der Waals surface area (Å²) in [6, 6.07) is 6.90. The van der Waals surface area contributed by atoms with Gasteiger partial charge in [-0.3, -0.25) is 14.5 Å². The zero-order valence-electron chi connectivity index (χ0n) is 14.4. The van der Waals surface area contributed by atoms with Crippen LogP contribution in [0.1, 0.15) is 33.1 Å². The zero-order valence-corrected chi connectivity index (χ0v) is 15.2. The van der Waals surface area contributed by atoms with Crippen LogP contribution in [0.25, 0.3) is 0 Å². The van der Waals surface area contributed by atoms with Gasteiger partial charge >= 0.3 is 0 Å². The Morgan fingerprint density at radius 3 is 2.75 bits per heavy atom. The second-order valence-corrected chi connectivity index (χ2v) is 6.63. The van der Waals surface area contributed by atoms with Crippen molar-refractivity contribution in [2.24, 2.45) is 0 Å². The smallest absolute Gasteiger partial charge is 0.241 e. The summed E-state index contributed by atoms with van der Waals surface area (Å²) in [4.78, 5) is 28.6. The molecule has 24 heavy (non-hydrogen) atoms. The monoisotopic (exact) mass is 351 g/mol. The molecule has 0 aromatic heterocycles. The number of rotatable bonds is 5. The van der Waals surface area contributed by atoms with Gasteiger partial charge in [-0.15, -0.1) is 0 Å². The van der Waals surface area contributed by atoms with Gasteiger partial charge in [0.25, 0.3) is 0 Å². The normalized spacial score (nSPS) is 17.2. The van der Waals surface area contributed by atoms with E-state index in [1.54, 1.807) is 12.1 Å². The number of hydrogen-bond acceptors (Lipinski definition) is 3. The first-order valence-corrected chi connectivity index (χ1v) is 8.97. The molecule has 0 spiro atoms. The fourth-order valence-corrected chi connectivity index (χ4v) is 3.12. The summed E-state index contributed by atoms with van der Waals surface area (Å²) in [6.45, 7) is 6.93. The van der Waals surface area contributed by atoms with Gasteiger partial charge < -0.3 is 10.2 Å². The van der Waals surface area contributed by atoms with E-state index >= 15 is 0 Å². The van der Waals surface area contributed by atoms with Crippen molar-refractivity contribution in [1.29, 1.82) is 0 Å². The van der Waals surface area contributed by atoms with Crippen molar-refractivity contribution in [2.45, 2.75) is 39.2 Å². The minimum atomic E-state index is -0.245. The number of hydrogen-bond donors (Lipinski definition) is 1. The zero-order chi connectivity index (χ0) is 17.5. The van der Waals surface area contributed by atoms with Crippen LogP contribution in [0.2, 0.25) is 5.02 Å². The van der Waals surface area contributed by atoms with E-state index in [0.717, 1.165) is 32.5 Å². The van der Waals surface area contributed by atoms with Gasteiger partial charge in [0.1, 0.15) is 0 Å². The predicted molar refractivity (Wildman–Crippen MR) is 97.2 cm³/mol. The number of nitrogens with zero attached hydrogens (tertiary/aromatic N) is 2. The first-order valence-electron chi connectivity index (χ1n) is 8.59. The molecule has 6 heteroatoms. The highest BCUT2D eigenvalue weighted by Crippen LogP contribution is 2.16. The van der Waals surface area contributed by atoms with Gasteiger partial charge in [-0.05, 0) is 38.0 Å². The molecule has 0 aliphatic carbocycles. The molecule has 1 saturated heterocycles. The topological polar surface area (TPSA) is 52.7 Å². The first-order chi connectivity index (χ1) is 11.5. The average Bonchev–Trinajstić information content (AvgIpc) is 2.80. The summed E-state index contributed by atoms with van der Waals surface area (Å²) in [5.41, 5.74) is 0.703. The van der Waals surface area contributed by atoms with Crippen LogP contribution in [0.3, 0.4) is 0 Å². The van der Waals surface area contributed by atoms with Gasteiger partial charge in [0.15, 0.2) is 0 Å². The molecule has 0 saturated carbocycles. The van der Waals surface area contributed by atoms with Gasteiger partial charge in [0, 0.05) is 43.3 Å². The summed E-state index contributed by atoms with van der Waals surface area (Å²) in [6.07, 6.45) is 2.37. The third-order valence-corrected chi connectivity index (χ3v) is 4.60. The van der Waals surface area contributed by atoms with Gasteiger partial charge in [-0.1, -0.05) is 24.6 Å². The molecule has 132 valence electrons. The molecule has 0 unspecified atom stereocenters. The molecule has 1 aliphatic rings. The predicted octanol–water partition coefficient (Wildman–Crippen LogP) is 3.00. The van der Waals surface area contributed by atoms with Gasteiger partial charge in [0.2, 0.25) is 11.8 Å². The van der Waals surface area contributed by atoms with E-state index in [-0.39, 0.29) is 17.9 Å². The van der Waals surface area contributed by atoms with Gasteiger partial charge in [-0.2, -0.15) is 0 Å². The summed E-state index contributed by atoms with van der Waals surface area (Å²) in [5.74, 6) is 0.168. The van der Waals surface area contributed by atoms with E-state index in [1.165, 1.54) is 0 Å². The Kier molecular flexibility index (Phi) is 7.06. The maximum Gasteiger partial charge on any atom is 0.241 e. The third-order valence-electron chi connectivity index (χ3n) is 4.37. The Bertz CT molecular complexity index is 579. The number of amides is 2. The van der Waals surface area contributed by atoms with E-state index in [2.05, 4.69) is 10.2 Å². The minimum absolute atomic E-state index is 0.0504. The molecule has 1 heterocycles. The van der Waals surface area contributed by atoms with Crippen LogP contribution in [0, 0.1) is 0 Å². The molecule has 2 rings (SSSR count). The molecule has 1 fully saturated rings. The molecule has 1 N–H and O–H groups in total. The van der Waals surface area contributed by atoms with Crippen LogP contribution >= 0.6 is 11.6 Å². The Hall–Kier alpha value is -1.59. The highest BCUT2D eigenvalue weighted by Gasteiger charge is 2.25. The van der Waals surface area contributed by atoms with Crippen molar-refractivity contribution < 1.29 is 9.59 Å². The molecule has 0 bridgehead atoms. The van der Waals surface area contributed by atoms with Crippen LogP contribution in [0.5, 0.6) is 0 Å². The lowest BCUT2D eigenvalue weighted by atomic mass is 10.2. The summed E-state index contributed by atoms with van der Waals surface area (Å²) < 4.78 is 0. The Balaban J connectivity index is 1.90. The standard InChI is InChI=1S/C18H26ClN3O2/c1-3-6-17(23)22-10-5-9-21(11-12-22)14(2)18(24)20-16-8-4-7-15(19)13-16/h4,7-8,13-14H,3,5-6,9-12H2,1-2H3,(H,20,24)/t14-/m0/s1. The van der Waals surface area contributed by atoms with E-state index in [9.17, 15) is 9.59 Å². The number of anilines is 1. The van der Waals surface area contributed by atoms with Crippen molar-refractivity contribution >= 4 is 29.1 Å². The number of nitrogens with one attached hydrogen (secondary N) is 1. The summed E-state index contributed by atoms with van der Waals surface area (Å²) in [5, 5.41) is 3.51.